The molecule has 0 saturated heterocycles. The zero-order valence-electron chi connectivity index (χ0n) is 14.3. The van der Waals surface area contributed by atoms with Gasteiger partial charge in [-0.05, 0) is 43.7 Å². The third kappa shape index (κ3) is 6.21. The molecule has 132 valence electrons. The predicted octanol–water partition coefficient (Wildman–Crippen LogP) is 3.21. The number of rotatable bonds is 7. The highest BCUT2D eigenvalue weighted by atomic mass is 35.5. The lowest BCUT2D eigenvalue weighted by Gasteiger charge is -2.11. The molecule has 0 atom stereocenters. The average Bonchev–Trinajstić information content (AvgIpc) is 2.56. The van der Waals surface area contributed by atoms with Crippen molar-refractivity contribution in [3.8, 4) is 0 Å². The molecule has 0 bridgehead atoms. The first kappa shape index (κ1) is 19.0. The molecule has 2 rings (SSSR count). The van der Waals surface area contributed by atoms with Crippen molar-refractivity contribution in [2.75, 3.05) is 11.9 Å². The van der Waals surface area contributed by atoms with Gasteiger partial charge in [0, 0.05) is 28.9 Å². The summed E-state index contributed by atoms with van der Waals surface area (Å²) in [6, 6.07) is 14.4. The molecule has 0 spiro atoms. The zero-order chi connectivity index (χ0) is 18.2. The zero-order valence-corrected chi connectivity index (χ0v) is 15.1. The van der Waals surface area contributed by atoms with Crippen LogP contribution in [0.25, 0.3) is 0 Å². The van der Waals surface area contributed by atoms with Crippen LogP contribution in [-0.4, -0.2) is 24.4 Å². The van der Waals surface area contributed by atoms with E-state index in [1.54, 1.807) is 24.3 Å². The summed E-state index contributed by atoms with van der Waals surface area (Å²) in [5.74, 6) is -0.351. The van der Waals surface area contributed by atoms with E-state index < -0.39 is 0 Å². The second-order valence-corrected chi connectivity index (χ2v) is 6.36. The van der Waals surface area contributed by atoms with Crippen LogP contribution in [0, 0.1) is 0 Å². The molecule has 0 unspecified atom stereocenters. The average molecular weight is 360 g/mol. The fourth-order valence-corrected chi connectivity index (χ4v) is 2.44. The first-order valence-corrected chi connectivity index (χ1v) is 8.48. The molecule has 2 aromatic carbocycles. The van der Waals surface area contributed by atoms with Crippen LogP contribution >= 0.6 is 11.6 Å². The molecule has 6 heteroatoms. The van der Waals surface area contributed by atoms with Gasteiger partial charge < -0.3 is 16.0 Å². The standard InChI is InChI=1S/C19H22ClN3O2/c1-13(2)22-19(25)14-7-5-8-16(10-14)23-18(24)12-21-11-15-6-3-4-9-17(15)20/h3-10,13,21H,11-12H2,1-2H3,(H,22,25)(H,23,24). The molecule has 0 fully saturated rings. The fourth-order valence-electron chi connectivity index (χ4n) is 2.24. The van der Waals surface area contributed by atoms with Crippen LogP contribution in [0.2, 0.25) is 5.02 Å². The van der Waals surface area contributed by atoms with Crippen molar-refractivity contribution in [2.24, 2.45) is 0 Å². The quantitative estimate of drug-likeness (QED) is 0.711. The largest absolute Gasteiger partial charge is 0.350 e. The number of hydrogen-bond acceptors (Lipinski definition) is 3. The van der Waals surface area contributed by atoms with Crippen LogP contribution in [-0.2, 0) is 11.3 Å². The minimum atomic E-state index is -0.187. The molecule has 25 heavy (non-hydrogen) atoms. The number of hydrogen-bond donors (Lipinski definition) is 3. The highest BCUT2D eigenvalue weighted by Crippen LogP contribution is 2.14. The Morgan fingerprint density at radius 3 is 2.56 bits per heavy atom. The predicted molar refractivity (Wildman–Crippen MR) is 101 cm³/mol. The first-order valence-electron chi connectivity index (χ1n) is 8.10. The third-order valence-corrected chi connectivity index (χ3v) is 3.76. The summed E-state index contributed by atoms with van der Waals surface area (Å²) < 4.78 is 0. The maximum Gasteiger partial charge on any atom is 0.251 e. The normalized spacial score (nSPS) is 10.6. The van der Waals surface area contributed by atoms with E-state index in [-0.39, 0.29) is 24.4 Å². The van der Waals surface area contributed by atoms with Crippen molar-refractivity contribution >= 4 is 29.1 Å². The molecule has 0 radical (unpaired) electrons. The Balaban J connectivity index is 1.86. The summed E-state index contributed by atoms with van der Waals surface area (Å²) >= 11 is 6.07. The summed E-state index contributed by atoms with van der Waals surface area (Å²) in [4.78, 5) is 24.0. The van der Waals surface area contributed by atoms with Crippen LogP contribution in [0.1, 0.15) is 29.8 Å². The lowest BCUT2D eigenvalue weighted by Crippen LogP contribution is -2.30. The lowest BCUT2D eigenvalue weighted by molar-refractivity contribution is -0.115. The van der Waals surface area contributed by atoms with Gasteiger partial charge in [0.05, 0.1) is 6.54 Å². The van der Waals surface area contributed by atoms with Gasteiger partial charge in [-0.25, -0.2) is 0 Å². The Morgan fingerprint density at radius 2 is 1.84 bits per heavy atom. The Hall–Kier alpha value is -2.37. The van der Waals surface area contributed by atoms with Crippen molar-refractivity contribution < 1.29 is 9.59 Å². The summed E-state index contributed by atoms with van der Waals surface area (Å²) in [6.07, 6.45) is 0. The van der Waals surface area contributed by atoms with E-state index in [0.717, 1.165) is 5.56 Å². The van der Waals surface area contributed by atoms with E-state index in [0.29, 0.717) is 22.8 Å². The van der Waals surface area contributed by atoms with E-state index in [9.17, 15) is 9.59 Å². The molecule has 0 aliphatic rings. The number of carbonyl (C=O) groups is 2. The molecule has 0 aliphatic carbocycles. The van der Waals surface area contributed by atoms with Crippen molar-refractivity contribution in [2.45, 2.75) is 26.4 Å². The molecule has 0 aliphatic heterocycles. The van der Waals surface area contributed by atoms with Gasteiger partial charge in [-0.3, -0.25) is 9.59 Å². The Labute approximate surface area is 152 Å². The Morgan fingerprint density at radius 1 is 1.08 bits per heavy atom. The van der Waals surface area contributed by atoms with Crippen LogP contribution in [0.3, 0.4) is 0 Å². The molecule has 0 heterocycles. The summed E-state index contributed by atoms with van der Waals surface area (Å²) in [6.45, 7) is 4.44. The number of halogens is 1. The smallest absolute Gasteiger partial charge is 0.251 e. The minimum Gasteiger partial charge on any atom is -0.350 e. The van der Waals surface area contributed by atoms with Crippen molar-refractivity contribution in [1.82, 2.24) is 10.6 Å². The molecule has 5 nitrogen and oxygen atoms in total. The van der Waals surface area contributed by atoms with E-state index in [1.807, 2.05) is 38.1 Å². The number of benzene rings is 2. The summed E-state index contributed by atoms with van der Waals surface area (Å²) in [5.41, 5.74) is 2.03. The highest BCUT2D eigenvalue weighted by molar-refractivity contribution is 6.31. The van der Waals surface area contributed by atoms with Gasteiger partial charge in [0.2, 0.25) is 5.91 Å². The Bertz CT molecular complexity index is 747. The molecule has 2 aromatic rings. The monoisotopic (exact) mass is 359 g/mol. The number of nitrogens with one attached hydrogen (secondary N) is 3. The van der Waals surface area contributed by atoms with Gasteiger partial charge in [-0.1, -0.05) is 35.9 Å². The van der Waals surface area contributed by atoms with Crippen molar-refractivity contribution in [3.05, 3.63) is 64.7 Å². The summed E-state index contributed by atoms with van der Waals surface area (Å²) in [7, 11) is 0. The Kier molecular flexibility index (Phi) is 6.98. The van der Waals surface area contributed by atoms with Gasteiger partial charge in [0.25, 0.3) is 5.91 Å². The number of amides is 2. The van der Waals surface area contributed by atoms with Crippen LogP contribution < -0.4 is 16.0 Å². The van der Waals surface area contributed by atoms with Crippen LogP contribution in [0.4, 0.5) is 5.69 Å². The van der Waals surface area contributed by atoms with E-state index in [1.165, 1.54) is 0 Å². The van der Waals surface area contributed by atoms with E-state index in [4.69, 9.17) is 11.6 Å². The maximum absolute atomic E-state index is 12.0. The van der Waals surface area contributed by atoms with Crippen LogP contribution in [0.5, 0.6) is 0 Å². The van der Waals surface area contributed by atoms with Gasteiger partial charge >= 0.3 is 0 Å². The highest BCUT2D eigenvalue weighted by Gasteiger charge is 2.09. The number of anilines is 1. The molecule has 2 amide bonds. The van der Waals surface area contributed by atoms with Gasteiger partial charge in [0.15, 0.2) is 0 Å². The molecule has 0 aromatic heterocycles. The molecular formula is C19H22ClN3O2. The fraction of sp³-hybridized carbons (Fsp3) is 0.263. The third-order valence-electron chi connectivity index (χ3n) is 3.39. The topological polar surface area (TPSA) is 70.2 Å². The van der Waals surface area contributed by atoms with Gasteiger partial charge in [0.1, 0.15) is 0 Å². The molecular weight excluding hydrogens is 338 g/mol. The van der Waals surface area contributed by atoms with E-state index in [2.05, 4.69) is 16.0 Å². The van der Waals surface area contributed by atoms with E-state index >= 15 is 0 Å². The minimum absolute atomic E-state index is 0.0553. The van der Waals surface area contributed by atoms with Gasteiger partial charge in [-0.2, -0.15) is 0 Å². The lowest BCUT2D eigenvalue weighted by atomic mass is 10.1. The first-order chi connectivity index (χ1) is 12.0. The molecule has 3 N–H and O–H groups in total. The summed E-state index contributed by atoms with van der Waals surface area (Å²) in [5, 5.41) is 9.31. The van der Waals surface area contributed by atoms with Gasteiger partial charge in [-0.15, -0.1) is 0 Å². The van der Waals surface area contributed by atoms with Crippen molar-refractivity contribution in [1.29, 1.82) is 0 Å². The maximum atomic E-state index is 12.0. The second kappa shape index (κ2) is 9.20. The second-order valence-electron chi connectivity index (χ2n) is 5.95. The molecule has 0 saturated carbocycles. The van der Waals surface area contributed by atoms with Crippen LogP contribution in [0.15, 0.2) is 48.5 Å². The van der Waals surface area contributed by atoms with Crippen molar-refractivity contribution in [3.63, 3.8) is 0 Å². The number of carbonyl (C=O) groups excluding carboxylic acids is 2. The SMILES string of the molecule is CC(C)NC(=O)c1cccc(NC(=O)CNCc2ccccc2Cl)c1.